The van der Waals surface area contributed by atoms with Gasteiger partial charge < -0.3 is 40.7 Å². The number of fused-ring (bicyclic) bond motifs is 4. The third-order valence-electron chi connectivity index (χ3n) is 12.4. The van der Waals surface area contributed by atoms with Gasteiger partial charge in [-0.1, -0.05) is 65.0 Å². The summed E-state index contributed by atoms with van der Waals surface area (Å²) in [6, 6.07) is 16.2. The fourth-order valence-corrected chi connectivity index (χ4v) is 9.53. The molecular weight excluding hydrogens is 785 g/mol. The average molecular weight is 849 g/mol. The van der Waals surface area contributed by atoms with E-state index in [0.29, 0.717) is 24.7 Å². The van der Waals surface area contributed by atoms with Crippen LogP contribution in [-0.2, 0) is 31.9 Å². The zero-order chi connectivity index (χ0) is 44.8. The number of ether oxygens (including phenoxy) is 2. The molecule has 62 heavy (non-hydrogen) atoms. The van der Waals surface area contributed by atoms with Gasteiger partial charge in [0.15, 0.2) is 0 Å². The number of hydrogen-bond acceptors (Lipinski definition) is 8. The van der Waals surface area contributed by atoms with Crippen molar-refractivity contribution in [2.45, 2.75) is 130 Å². The van der Waals surface area contributed by atoms with E-state index in [9.17, 15) is 19.2 Å². The summed E-state index contributed by atoms with van der Waals surface area (Å²) in [5.74, 6) is 2.96. The molecule has 4 heterocycles. The maximum absolute atomic E-state index is 13.4. The molecule has 2 fully saturated rings. The van der Waals surface area contributed by atoms with E-state index in [-0.39, 0.29) is 36.0 Å². The number of methoxy groups -OCH3 is 2. The van der Waals surface area contributed by atoms with Gasteiger partial charge in [0.05, 0.1) is 49.2 Å². The molecule has 6 N–H and O–H groups in total. The molecule has 4 unspecified atom stereocenters. The topological polar surface area (TPSA) is 203 Å². The molecule has 0 saturated carbocycles. The molecule has 14 nitrogen and oxygen atoms in total. The van der Waals surface area contributed by atoms with E-state index in [4.69, 9.17) is 9.97 Å². The fourth-order valence-electron chi connectivity index (χ4n) is 9.53. The molecule has 332 valence electrons. The van der Waals surface area contributed by atoms with E-state index in [2.05, 4.69) is 125 Å². The molecule has 4 amide bonds. The molecular formula is C48H64N8O6. The number of rotatable bonds is 9. The van der Waals surface area contributed by atoms with Crippen LogP contribution in [0.25, 0.3) is 44.2 Å². The van der Waals surface area contributed by atoms with E-state index >= 15 is 0 Å². The summed E-state index contributed by atoms with van der Waals surface area (Å²) in [6.45, 7) is 12.8. The van der Waals surface area contributed by atoms with Gasteiger partial charge in [0.25, 0.3) is 0 Å². The van der Waals surface area contributed by atoms with Gasteiger partial charge in [-0.25, -0.2) is 19.6 Å². The second-order valence-corrected chi connectivity index (χ2v) is 17.6. The van der Waals surface area contributed by atoms with Gasteiger partial charge >= 0.3 is 12.2 Å². The van der Waals surface area contributed by atoms with Crippen LogP contribution in [0.3, 0.4) is 0 Å². The van der Waals surface area contributed by atoms with Crippen molar-refractivity contribution in [3.05, 3.63) is 71.4 Å². The van der Waals surface area contributed by atoms with Crippen molar-refractivity contribution < 1.29 is 28.7 Å². The van der Waals surface area contributed by atoms with Crippen molar-refractivity contribution in [1.29, 1.82) is 0 Å². The Morgan fingerprint density at radius 3 is 2.00 bits per heavy atom. The standard InChI is InChI=1S/C44H54N6O2.2C2H5NO2/c1-7-30-14-20-38(50(30)41(52)22-26(4)5)43-45-24-37(47-43)35-17-16-31(33-9-8-10-34(33)35)28-12-15-32-29(23-28)13-18-36-42(32)48-44(46-36)39-19-11-27(6)49(39)40(51)21-25(2)3;2*1-5-2(3)4/h12-13,15-18,23-27,30,38-39H,7-11,14,19-22H2,1-6H3,(H,45,47)(H,46,48);2*1H3,(H2,3,4). The molecule has 14 heteroatoms. The molecule has 2 saturated heterocycles. The first-order valence-electron chi connectivity index (χ1n) is 22.1. The van der Waals surface area contributed by atoms with Crippen LogP contribution in [0.1, 0.15) is 128 Å². The first-order valence-corrected chi connectivity index (χ1v) is 22.1. The van der Waals surface area contributed by atoms with Crippen molar-refractivity contribution in [1.82, 2.24) is 29.7 Å². The molecule has 2 aliphatic heterocycles. The molecule has 1 aliphatic carbocycles. The number of nitrogens with one attached hydrogen (secondary N) is 2. The number of aromatic nitrogens is 4. The van der Waals surface area contributed by atoms with Crippen molar-refractivity contribution in [2.75, 3.05) is 14.2 Å². The van der Waals surface area contributed by atoms with E-state index in [1.165, 1.54) is 47.4 Å². The lowest BCUT2D eigenvalue weighted by molar-refractivity contribution is -0.136. The largest absolute Gasteiger partial charge is 0.453 e. The summed E-state index contributed by atoms with van der Waals surface area (Å²) < 4.78 is 7.78. The summed E-state index contributed by atoms with van der Waals surface area (Å²) in [4.78, 5) is 66.9. The Bertz CT molecular complexity index is 2390. The van der Waals surface area contributed by atoms with Crippen LogP contribution in [0.4, 0.5) is 9.59 Å². The molecule has 8 rings (SSSR count). The van der Waals surface area contributed by atoms with Crippen molar-refractivity contribution in [3.63, 3.8) is 0 Å². The molecule has 0 radical (unpaired) electrons. The quantitative estimate of drug-likeness (QED) is 0.112. The first kappa shape index (κ1) is 45.6. The molecule has 0 bridgehead atoms. The Kier molecular flexibility index (Phi) is 14.6. The Morgan fingerprint density at radius 2 is 1.37 bits per heavy atom. The normalized spacial score (nSPS) is 19.3. The monoisotopic (exact) mass is 848 g/mol. The number of carbonyl (C=O) groups is 4. The van der Waals surface area contributed by atoms with E-state index in [1.54, 1.807) is 0 Å². The number of nitrogens with zero attached hydrogens (tertiary/aromatic N) is 4. The number of hydrogen-bond donors (Lipinski definition) is 4. The van der Waals surface area contributed by atoms with Crippen LogP contribution >= 0.6 is 0 Å². The lowest BCUT2D eigenvalue weighted by Gasteiger charge is -2.29. The minimum absolute atomic E-state index is 0.00671. The maximum Gasteiger partial charge on any atom is 0.404 e. The van der Waals surface area contributed by atoms with Crippen LogP contribution in [0, 0.1) is 11.8 Å². The SMILES string of the molecule is CCC1CCC(c2ncc(-c3ccc(-c4ccc5c(ccc6[nH]c(C7CCC(C)N7C(=O)CC(C)C)nc65)c4)c4c3CCC4)[nH]2)N1C(=O)CC(C)C.COC(N)=O.COC(N)=O. The van der Waals surface area contributed by atoms with Gasteiger partial charge in [0.1, 0.15) is 11.6 Å². The van der Waals surface area contributed by atoms with Crippen LogP contribution in [0.2, 0.25) is 0 Å². The fraction of sp³-hybridized carbons (Fsp3) is 0.500. The summed E-state index contributed by atoms with van der Waals surface area (Å²) in [6.07, 6.45) is 9.78. The first-order chi connectivity index (χ1) is 29.6. The molecule has 4 atom stereocenters. The Morgan fingerprint density at radius 1 is 0.774 bits per heavy atom. The van der Waals surface area contributed by atoms with Gasteiger partial charge in [-0.15, -0.1) is 0 Å². The summed E-state index contributed by atoms with van der Waals surface area (Å²) in [5.41, 5.74) is 18.5. The number of primary amides is 2. The minimum Gasteiger partial charge on any atom is -0.453 e. The highest BCUT2D eigenvalue weighted by atomic mass is 16.5. The molecule has 5 aromatic rings. The Hall–Kier alpha value is -5.92. The smallest absolute Gasteiger partial charge is 0.404 e. The Balaban J connectivity index is 0.000000578. The number of H-pyrrole nitrogens is 2. The second-order valence-electron chi connectivity index (χ2n) is 17.6. The highest BCUT2D eigenvalue weighted by molar-refractivity contribution is 6.05. The van der Waals surface area contributed by atoms with Crippen LogP contribution in [0.5, 0.6) is 0 Å². The summed E-state index contributed by atoms with van der Waals surface area (Å²) in [7, 11) is 2.45. The van der Waals surface area contributed by atoms with Gasteiger partial charge in [-0.3, -0.25) is 9.59 Å². The highest BCUT2D eigenvalue weighted by Crippen LogP contribution is 2.42. The van der Waals surface area contributed by atoms with Gasteiger partial charge in [-0.2, -0.15) is 0 Å². The molecule has 3 aliphatic rings. The van der Waals surface area contributed by atoms with E-state index in [1.807, 2.05) is 6.20 Å². The van der Waals surface area contributed by atoms with Gasteiger partial charge in [-0.05, 0) is 110 Å². The zero-order valence-corrected chi connectivity index (χ0v) is 37.5. The average Bonchev–Trinajstić information content (AvgIpc) is 4.09. The van der Waals surface area contributed by atoms with Crippen molar-refractivity contribution in [2.24, 2.45) is 23.3 Å². The van der Waals surface area contributed by atoms with Crippen LogP contribution < -0.4 is 11.5 Å². The summed E-state index contributed by atoms with van der Waals surface area (Å²) >= 11 is 0. The number of likely N-dealkylation sites (tertiary alicyclic amines) is 2. The molecule has 3 aromatic carbocycles. The predicted molar refractivity (Wildman–Crippen MR) is 242 cm³/mol. The number of aromatic amines is 2. The zero-order valence-electron chi connectivity index (χ0n) is 37.5. The number of nitrogens with two attached hydrogens (primary N) is 2. The maximum atomic E-state index is 13.4. The minimum atomic E-state index is -0.745. The number of amides is 4. The summed E-state index contributed by atoms with van der Waals surface area (Å²) in [5, 5.41) is 2.30. The lowest BCUT2D eigenvalue weighted by atomic mass is 9.91. The number of imidazole rings is 2. The third kappa shape index (κ3) is 9.90. The second kappa shape index (κ2) is 19.9. The van der Waals surface area contributed by atoms with Gasteiger partial charge in [0, 0.05) is 35.9 Å². The van der Waals surface area contributed by atoms with Crippen LogP contribution in [0.15, 0.2) is 48.7 Å². The number of benzene rings is 3. The number of carbonyl (C=O) groups excluding carboxylic acids is 4. The molecule has 2 aromatic heterocycles. The highest BCUT2D eigenvalue weighted by Gasteiger charge is 2.39. The van der Waals surface area contributed by atoms with Gasteiger partial charge in [0.2, 0.25) is 11.8 Å². The van der Waals surface area contributed by atoms with Crippen molar-refractivity contribution >= 4 is 45.8 Å². The lowest BCUT2D eigenvalue weighted by Crippen LogP contribution is -2.38. The van der Waals surface area contributed by atoms with E-state index < -0.39 is 12.2 Å². The van der Waals surface area contributed by atoms with Crippen LogP contribution in [-0.4, -0.2) is 80.0 Å². The third-order valence-corrected chi connectivity index (χ3v) is 12.4. The predicted octanol–water partition coefficient (Wildman–Crippen LogP) is 9.27. The van der Waals surface area contributed by atoms with Crippen molar-refractivity contribution in [3.8, 4) is 22.4 Å². The molecule has 0 spiro atoms. The Labute approximate surface area is 364 Å². The van der Waals surface area contributed by atoms with E-state index in [0.717, 1.165) is 85.1 Å².